The molecule has 20 heavy (non-hydrogen) atoms. The van der Waals surface area contributed by atoms with E-state index in [-0.39, 0.29) is 6.04 Å². The SMILES string of the molecule is CC(C)C1CC(NCC(F)(F)F)CN(c2ccsc2)C1. The first-order chi connectivity index (χ1) is 9.35. The standard InChI is InChI=1S/C14H21F3N2S/c1-10(2)11-5-12(18-9-14(15,16)17)7-19(6-11)13-3-4-20-8-13/h3-4,8,10-12,18H,5-7,9H2,1-2H3. The van der Waals surface area contributed by atoms with Crippen LogP contribution < -0.4 is 10.2 Å². The summed E-state index contributed by atoms with van der Waals surface area (Å²) in [5.41, 5.74) is 1.12. The Hall–Kier alpha value is -0.750. The van der Waals surface area contributed by atoms with Gasteiger partial charge < -0.3 is 10.2 Å². The Morgan fingerprint density at radius 2 is 2.15 bits per heavy atom. The van der Waals surface area contributed by atoms with Crippen LogP contribution in [-0.4, -0.2) is 31.9 Å². The van der Waals surface area contributed by atoms with Gasteiger partial charge in [-0.25, -0.2) is 0 Å². The van der Waals surface area contributed by atoms with Gasteiger partial charge in [0.25, 0.3) is 0 Å². The molecule has 0 saturated carbocycles. The van der Waals surface area contributed by atoms with Crippen LogP contribution in [0.15, 0.2) is 16.8 Å². The molecule has 1 aromatic rings. The summed E-state index contributed by atoms with van der Waals surface area (Å²) in [4.78, 5) is 2.21. The lowest BCUT2D eigenvalue weighted by Crippen LogP contribution is -2.52. The number of anilines is 1. The highest BCUT2D eigenvalue weighted by molar-refractivity contribution is 7.08. The average molecular weight is 306 g/mol. The van der Waals surface area contributed by atoms with Gasteiger partial charge in [0.15, 0.2) is 0 Å². The molecule has 0 bridgehead atoms. The summed E-state index contributed by atoms with van der Waals surface area (Å²) in [5.74, 6) is 0.904. The molecular formula is C14H21F3N2S. The Labute approximate surface area is 122 Å². The molecule has 2 nitrogen and oxygen atoms in total. The molecule has 1 saturated heterocycles. The zero-order valence-electron chi connectivity index (χ0n) is 11.8. The first-order valence-electron chi connectivity index (χ1n) is 6.92. The molecule has 0 aromatic carbocycles. The molecule has 0 amide bonds. The summed E-state index contributed by atoms with van der Waals surface area (Å²) in [7, 11) is 0. The van der Waals surface area contributed by atoms with Crippen LogP contribution in [0.25, 0.3) is 0 Å². The number of alkyl halides is 3. The molecular weight excluding hydrogens is 285 g/mol. The number of halogens is 3. The maximum absolute atomic E-state index is 12.4. The van der Waals surface area contributed by atoms with E-state index in [1.165, 1.54) is 0 Å². The third-order valence-electron chi connectivity index (χ3n) is 3.89. The summed E-state index contributed by atoms with van der Waals surface area (Å²) in [5, 5.41) is 6.74. The van der Waals surface area contributed by atoms with Crippen LogP contribution in [0, 0.1) is 11.8 Å². The lowest BCUT2D eigenvalue weighted by molar-refractivity contribution is -0.126. The molecule has 0 spiro atoms. The summed E-state index contributed by atoms with van der Waals surface area (Å²) in [6.45, 7) is 4.96. The van der Waals surface area contributed by atoms with Crippen LogP contribution in [-0.2, 0) is 0 Å². The van der Waals surface area contributed by atoms with Gasteiger partial charge in [0, 0.05) is 30.2 Å². The van der Waals surface area contributed by atoms with E-state index in [1.54, 1.807) is 11.3 Å². The second-order valence-electron chi connectivity index (χ2n) is 5.82. The average Bonchev–Trinajstić information content (AvgIpc) is 2.89. The van der Waals surface area contributed by atoms with Crippen LogP contribution in [0.5, 0.6) is 0 Å². The monoisotopic (exact) mass is 306 g/mol. The Balaban J connectivity index is 2.01. The highest BCUT2D eigenvalue weighted by Crippen LogP contribution is 2.29. The second kappa shape index (κ2) is 6.35. The van der Waals surface area contributed by atoms with Gasteiger partial charge >= 0.3 is 6.18 Å². The molecule has 1 aliphatic rings. The normalized spacial score (nSPS) is 24.4. The van der Waals surface area contributed by atoms with Gasteiger partial charge in [0.2, 0.25) is 0 Å². The third-order valence-corrected chi connectivity index (χ3v) is 4.56. The van der Waals surface area contributed by atoms with Crippen molar-refractivity contribution in [1.82, 2.24) is 5.32 Å². The summed E-state index contributed by atoms with van der Waals surface area (Å²) in [6, 6.07) is 1.94. The number of piperidine rings is 1. The molecule has 2 unspecified atom stereocenters. The fourth-order valence-corrected chi connectivity index (χ4v) is 3.34. The first kappa shape index (κ1) is 15.6. The van der Waals surface area contributed by atoms with Gasteiger partial charge in [-0.3, -0.25) is 0 Å². The quantitative estimate of drug-likeness (QED) is 0.911. The van der Waals surface area contributed by atoms with Crippen LogP contribution in [0.2, 0.25) is 0 Å². The van der Waals surface area contributed by atoms with Crippen LogP contribution in [0.4, 0.5) is 18.9 Å². The number of nitrogens with zero attached hydrogens (tertiary/aromatic N) is 1. The maximum atomic E-state index is 12.4. The predicted octanol–water partition coefficient (Wildman–Crippen LogP) is 3.75. The summed E-state index contributed by atoms with van der Waals surface area (Å²) >= 11 is 1.62. The molecule has 2 atom stereocenters. The van der Waals surface area contributed by atoms with Gasteiger partial charge in [-0.05, 0) is 29.7 Å². The molecule has 0 aliphatic carbocycles. The van der Waals surface area contributed by atoms with Gasteiger partial charge in [-0.1, -0.05) is 13.8 Å². The highest BCUT2D eigenvalue weighted by Gasteiger charge is 2.33. The zero-order chi connectivity index (χ0) is 14.8. The molecule has 1 aliphatic heterocycles. The van der Waals surface area contributed by atoms with Gasteiger partial charge in [0.1, 0.15) is 0 Å². The Morgan fingerprint density at radius 1 is 1.40 bits per heavy atom. The number of rotatable bonds is 4. The lowest BCUT2D eigenvalue weighted by atomic mass is 9.85. The van der Waals surface area contributed by atoms with E-state index in [2.05, 4.69) is 29.4 Å². The number of hydrogen-bond acceptors (Lipinski definition) is 3. The van der Waals surface area contributed by atoms with E-state index >= 15 is 0 Å². The smallest absolute Gasteiger partial charge is 0.369 e. The molecule has 2 rings (SSSR count). The van der Waals surface area contributed by atoms with Crippen molar-refractivity contribution < 1.29 is 13.2 Å². The third kappa shape index (κ3) is 4.38. The summed E-state index contributed by atoms with van der Waals surface area (Å²) < 4.78 is 37.1. The highest BCUT2D eigenvalue weighted by atomic mass is 32.1. The van der Waals surface area contributed by atoms with Crippen molar-refractivity contribution in [2.24, 2.45) is 11.8 Å². The minimum absolute atomic E-state index is 0.0994. The van der Waals surface area contributed by atoms with Gasteiger partial charge in [0.05, 0.1) is 6.54 Å². The minimum Gasteiger partial charge on any atom is -0.369 e. The summed E-state index contributed by atoms with van der Waals surface area (Å²) in [6.07, 6.45) is -3.33. The van der Waals surface area contributed by atoms with Crippen molar-refractivity contribution in [1.29, 1.82) is 0 Å². The minimum atomic E-state index is -4.14. The van der Waals surface area contributed by atoms with Crippen LogP contribution in [0.1, 0.15) is 20.3 Å². The second-order valence-corrected chi connectivity index (χ2v) is 6.60. The van der Waals surface area contributed by atoms with E-state index in [4.69, 9.17) is 0 Å². The van der Waals surface area contributed by atoms with Crippen LogP contribution >= 0.6 is 11.3 Å². The Bertz CT molecular complexity index is 403. The van der Waals surface area contributed by atoms with Crippen molar-refractivity contribution in [3.8, 4) is 0 Å². The van der Waals surface area contributed by atoms with E-state index in [1.807, 2.05) is 11.4 Å². The van der Waals surface area contributed by atoms with Crippen molar-refractivity contribution in [2.45, 2.75) is 32.5 Å². The lowest BCUT2D eigenvalue weighted by Gasteiger charge is -2.40. The number of nitrogens with one attached hydrogen (secondary N) is 1. The van der Waals surface area contributed by atoms with E-state index < -0.39 is 12.7 Å². The molecule has 1 N–H and O–H groups in total. The number of thiophene rings is 1. The van der Waals surface area contributed by atoms with Gasteiger partial charge in [-0.15, -0.1) is 0 Å². The molecule has 114 valence electrons. The Morgan fingerprint density at radius 3 is 2.70 bits per heavy atom. The van der Waals surface area contributed by atoms with Crippen LogP contribution in [0.3, 0.4) is 0 Å². The van der Waals surface area contributed by atoms with Crippen molar-refractivity contribution in [2.75, 3.05) is 24.5 Å². The zero-order valence-corrected chi connectivity index (χ0v) is 12.6. The van der Waals surface area contributed by atoms with Crippen molar-refractivity contribution >= 4 is 17.0 Å². The maximum Gasteiger partial charge on any atom is 0.401 e. The predicted molar refractivity (Wildman–Crippen MR) is 77.3 cm³/mol. The molecule has 0 radical (unpaired) electrons. The van der Waals surface area contributed by atoms with E-state index in [9.17, 15) is 13.2 Å². The molecule has 1 aromatic heterocycles. The van der Waals surface area contributed by atoms with Crippen molar-refractivity contribution in [3.63, 3.8) is 0 Å². The fraction of sp³-hybridized carbons (Fsp3) is 0.714. The van der Waals surface area contributed by atoms with E-state index in [0.717, 1.165) is 18.7 Å². The Kier molecular flexibility index (Phi) is 4.96. The molecule has 2 heterocycles. The van der Waals surface area contributed by atoms with E-state index in [0.29, 0.717) is 18.4 Å². The molecule has 1 fully saturated rings. The molecule has 6 heteroatoms. The van der Waals surface area contributed by atoms with Gasteiger partial charge in [-0.2, -0.15) is 24.5 Å². The largest absolute Gasteiger partial charge is 0.401 e. The number of hydrogen-bond donors (Lipinski definition) is 1. The fourth-order valence-electron chi connectivity index (χ4n) is 2.68. The topological polar surface area (TPSA) is 15.3 Å². The first-order valence-corrected chi connectivity index (χ1v) is 7.86. The van der Waals surface area contributed by atoms with Crippen molar-refractivity contribution in [3.05, 3.63) is 16.8 Å².